The molecule has 17 heavy (non-hydrogen) atoms. The highest BCUT2D eigenvalue weighted by Crippen LogP contribution is 2.18. The molecule has 0 atom stereocenters. The Kier molecular flexibility index (Phi) is 2.61. The molecule has 0 saturated carbocycles. The fourth-order valence-electron chi connectivity index (χ4n) is 1.30. The van der Waals surface area contributed by atoms with E-state index in [9.17, 15) is 9.59 Å². The smallest absolute Gasteiger partial charge is 0.392 e. The maximum absolute atomic E-state index is 10.6. The number of fused-ring (bicyclic) bond motifs is 1. The van der Waals surface area contributed by atoms with Gasteiger partial charge in [0, 0.05) is 6.08 Å². The Labute approximate surface area is 94.8 Å². The predicted octanol–water partition coefficient (Wildman–Crippen LogP) is 1.62. The van der Waals surface area contributed by atoms with Crippen LogP contribution >= 0.6 is 0 Å². The maximum atomic E-state index is 10.6. The minimum atomic E-state index is -1.25. The highest BCUT2D eigenvalue weighted by Gasteiger charge is 2.12. The molecule has 2 aromatic rings. The standard InChI is InChI=1S/C11H7NO5/c13-9(14)4-2-6-1-3-7-8(5-6)17-10(12-7)11(15)16/h1-5H,(H,13,14)(H,15,16)/b4-2+. The van der Waals surface area contributed by atoms with E-state index in [4.69, 9.17) is 14.6 Å². The normalized spacial score (nSPS) is 11.1. The summed E-state index contributed by atoms with van der Waals surface area (Å²) in [6, 6.07) is 4.71. The van der Waals surface area contributed by atoms with Gasteiger partial charge in [0.2, 0.25) is 0 Å². The molecule has 2 rings (SSSR count). The average Bonchev–Trinajstić information content (AvgIpc) is 2.69. The Morgan fingerprint density at radius 3 is 2.71 bits per heavy atom. The molecular formula is C11H7NO5. The zero-order chi connectivity index (χ0) is 12.4. The van der Waals surface area contributed by atoms with E-state index >= 15 is 0 Å². The molecule has 0 radical (unpaired) electrons. The van der Waals surface area contributed by atoms with Gasteiger partial charge in [-0.15, -0.1) is 0 Å². The Morgan fingerprint density at radius 2 is 2.06 bits per heavy atom. The van der Waals surface area contributed by atoms with Crippen molar-refractivity contribution < 1.29 is 24.2 Å². The van der Waals surface area contributed by atoms with E-state index in [0.29, 0.717) is 16.7 Å². The number of aromatic nitrogens is 1. The van der Waals surface area contributed by atoms with Crippen molar-refractivity contribution in [1.82, 2.24) is 4.98 Å². The quantitative estimate of drug-likeness (QED) is 0.781. The number of carboxylic acids is 2. The minimum absolute atomic E-state index is 0.301. The van der Waals surface area contributed by atoms with E-state index < -0.39 is 11.9 Å². The lowest BCUT2D eigenvalue weighted by molar-refractivity contribution is -0.131. The summed E-state index contributed by atoms with van der Waals surface area (Å²) >= 11 is 0. The van der Waals surface area contributed by atoms with Crippen molar-refractivity contribution in [2.24, 2.45) is 0 Å². The number of aromatic carboxylic acids is 1. The van der Waals surface area contributed by atoms with E-state index in [1.165, 1.54) is 12.1 Å². The van der Waals surface area contributed by atoms with Crippen LogP contribution in [0.15, 0.2) is 28.7 Å². The Hall–Kier alpha value is -2.63. The first-order chi connectivity index (χ1) is 8.06. The van der Waals surface area contributed by atoms with Crippen LogP contribution in [0.4, 0.5) is 0 Å². The first-order valence-corrected chi connectivity index (χ1v) is 4.61. The van der Waals surface area contributed by atoms with Crippen LogP contribution in [0.25, 0.3) is 17.2 Å². The summed E-state index contributed by atoms with van der Waals surface area (Å²) in [5.41, 5.74) is 1.30. The van der Waals surface area contributed by atoms with Crippen molar-refractivity contribution in [3.05, 3.63) is 35.7 Å². The van der Waals surface area contributed by atoms with Crippen LogP contribution in [-0.4, -0.2) is 27.1 Å². The summed E-state index contributed by atoms with van der Waals surface area (Å²) in [5, 5.41) is 17.1. The highest BCUT2D eigenvalue weighted by molar-refractivity contribution is 5.88. The maximum Gasteiger partial charge on any atom is 0.392 e. The fraction of sp³-hybridized carbons (Fsp3) is 0. The average molecular weight is 233 g/mol. The van der Waals surface area contributed by atoms with Gasteiger partial charge in [-0.1, -0.05) is 6.07 Å². The van der Waals surface area contributed by atoms with Crippen LogP contribution < -0.4 is 0 Å². The van der Waals surface area contributed by atoms with Gasteiger partial charge in [-0.05, 0) is 23.8 Å². The minimum Gasteiger partial charge on any atom is -0.478 e. The third kappa shape index (κ3) is 2.31. The van der Waals surface area contributed by atoms with Gasteiger partial charge < -0.3 is 14.6 Å². The summed E-state index contributed by atoms with van der Waals surface area (Å²) in [6.45, 7) is 0. The lowest BCUT2D eigenvalue weighted by Crippen LogP contribution is -1.94. The zero-order valence-corrected chi connectivity index (χ0v) is 8.45. The molecule has 0 unspecified atom stereocenters. The van der Waals surface area contributed by atoms with Crippen molar-refractivity contribution in [2.75, 3.05) is 0 Å². The first kappa shape index (κ1) is 10.9. The molecule has 2 N–H and O–H groups in total. The molecule has 0 saturated heterocycles. The molecule has 86 valence electrons. The van der Waals surface area contributed by atoms with Gasteiger partial charge in [0.05, 0.1) is 0 Å². The van der Waals surface area contributed by atoms with E-state index in [1.54, 1.807) is 12.1 Å². The SMILES string of the molecule is O=C(O)/C=C/c1ccc2nc(C(=O)O)oc2c1. The first-order valence-electron chi connectivity index (χ1n) is 4.61. The van der Waals surface area contributed by atoms with Crippen LogP contribution in [0.3, 0.4) is 0 Å². The van der Waals surface area contributed by atoms with E-state index in [2.05, 4.69) is 4.98 Å². The van der Waals surface area contributed by atoms with Gasteiger partial charge in [0.15, 0.2) is 5.58 Å². The molecule has 0 fully saturated rings. The van der Waals surface area contributed by atoms with Crippen LogP contribution in [0.1, 0.15) is 16.2 Å². The van der Waals surface area contributed by atoms with Gasteiger partial charge in [-0.2, -0.15) is 0 Å². The molecule has 1 heterocycles. The van der Waals surface area contributed by atoms with Gasteiger partial charge in [0.25, 0.3) is 0 Å². The van der Waals surface area contributed by atoms with E-state index in [1.807, 2.05) is 0 Å². The van der Waals surface area contributed by atoms with Crippen LogP contribution in [0.2, 0.25) is 0 Å². The molecule has 1 aromatic carbocycles. The number of rotatable bonds is 3. The van der Waals surface area contributed by atoms with Gasteiger partial charge in [-0.3, -0.25) is 0 Å². The Balaban J connectivity index is 2.43. The van der Waals surface area contributed by atoms with Gasteiger partial charge >= 0.3 is 17.8 Å². The predicted molar refractivity (Wildman–Crippen MR) is 57.6 cm³/mol. The molecule has 6 heteroatoms. The van der Waals surface area contributed by atoms with E-state index in [0.717, 1.165) is 6.08 Å². The molecule has 0 aliphatic heterocycles. The molecule has 0 bridgehead atoms. The van der Waals surface area contributed by atoms with Crippen molar-refractivity contribution >= 4 is 29.1 Å². The molecular weight excluding hydrogens is 226 g/mol. The number of carbonyl (C=O) groups is 2. The lowest BCUT2D eigenvalue weighted by atomic mass is 10.2. The number of nitrogens with zero attached hydrogens (tertiary/aromatic N) is 1. The number of hydrogen-bond donors (Lipinski definition) is 2. The Bertz CT molecular complexity index is 626. The second-order valence-corrected chi connectivity index (χ2v) is 3.22. The summed E-state index contributed by atoms with van der Waals surface area (Å²) in [7, 11) is 0. The topological polar surface area (TPSA) is 101 Å². The summed E-state index contributed by atoms with van der Waals surface area (Å²) < 4.78 is 4.98. The molecule has 1 aromatic heterocycles. The molecule has 0 spiro atoms. The summed E-state index contributed by atoms with van der Waals surface area (Å²) in [4.78, 5) is 24.7. The monoisotopic (exact) mass is 233 g/mol. The van der Waals surface area contributed by atoms with Crippen molar-refractivity contribution in [1.29, 1.82) is 0 Å². The van der Waals surface area contributed by atoms with Crippen molar-refractivity contribution in [3.8, 4) is 0 Å². The molecule has 0 aliphatic rings. The van der Waals surface area contributed by atoms with Crippen LogP contribution in [0.5, 0.6) is 0 Å². The number of benzene rings is 1. The van der Waals surface area contributed by atoms with Crippen molar-refractivity contribution in [2.45, 2.75) is 0 Å². The lowest BCUT2D eigenvalue weighted by Gasteiger charge is -1.90. The Morgan fingerprint density at radius 1 is 1.29 bits per heavy atom. The third-order valence-electron chi connectivity index (χ3n) is 2.01. The fourth-order valence-corrected chi connectivity index (χ4v) is 1.30. The largest absolute Gasteiger partial charge is 0.478 e. The molecule has 0 amide bonds. The second-order valence-electron chi connectivity index (χ2n) is 3.22. The second kappa shape index (κ2) is 4.09. The summed E-state index contributed by atoms with van der Waals surface area (Å²) in [6.07, 6.45) is 2.36. The van der Waals surface area contributed by atoms with Crippen molar-refractivity contribution in [3.63, 3.8) is 0 Å². The number of aliphatic carboxylic acids is 1. The van der Waals surface area contributed by atoms with E-state index in [-0.39, 0.29) is 5.89 Å². The number of hydrogen-bond acceptors (Lipinski definition) is 4. The summed E-state index contributed by atoms with van der Waals surface area (Å²) in [5.74, 6) is -2.70. The number of carboxylic acid groups (broad SMARTS) is 2. The zero-order valence-electron chi connectivity index (χ0n) is 8.45. The van der Waals surface area contributed by atoms with Crippen LogP contribution in [-0.2, 0) is 4.79 Å². The van der Waals surface area contributed by atoms with Crippen LogP contribution in [0, 0.1) is 0 Å². The molecule has 6 nitrogen and oxygen atoms in total. The van der Waals surface area contributed by atoms with Gasteiger partial charge in [0.1, 0.15) is 5.52 Å². The third-order valence-corrected chi connectivity index (χ3v) is 2.01. The van der Waals surface area contributed by atoms with Gasteiger partial charge in [-0.25, -0.2) is 14.6 Å². The molecule has 0 aliphatic carbocycles. The number of oxazole rings is 1. The highest BCUT2D eigenvalue weighted by atomic mass is 16.4.